The van der Waals surface area contributed by atoms with E-state index in [-0.39, 0.29) is 5.84 Å². The average Bonchev–Trinajstić information content (AvgIpc) is 3.06. The number of nitrogen functional groups attached to an aromatic ring is 2. The minimum absolute atomic E-state index is 0.0245. The first-order valence-electron chi connectivity index (χ1n) is 8.60. The normalized spacial score (nSPS) is 16.7. The van der Waals surface area contributed by atoms with Crippen LogP contribution in [0.1, 0.15) is 25.3 Å². The number of nitrogens with two attached hydrogens (primary N) is 2. The molecule has 0 bridgehead atoms. The smallest absolute Gasteiger partial charge is 0.224 e. The van der Waals surface area contributed by atoms with Gasteiger partial charge >= 0.3 is 0 Å². The number of rotatable bonds is 5. The zero-order valence-corrected chi connectivity index (χ0v) is 16.2. The Kier molecular flexibility index (Phi) is 5.22. The molecule has 3 rings (SSSR count). The third-order valence-corrected chi connectivity index (χ3v) is 5.46. The van der Waals surface area contributed by atoms with Gasteiger partial charge in [0.25, 0.3) is 0 Å². The van der Waals surface area contributed by atoms with Gasteiger partial charge in [-0.05, 0) is 38.2 Å². The Morgan fingerprint density at radius 3 is 2.69 bits per heavy atom. The second-order valence-electron chi connectivity index (χ2n) is 6.43. The molecular formula is C18H25N7S. The number of thioether (sulfide) groups is 1. The van der Waals surface area contributed by atoms with E-state index in [9.17, 15) is 0 Å². The van der Waals surface area contributed by atoms with Crippen molar-refractivity contribution in [2.75, 3.05) is 35.8 Å². The summed E-state index contributed by atoms with van der Waals surface area (Å²) in [5.41, 5.74) is 14.6. The second-order valence-corrected chi connectivity index (χ2v) is 7.27. The monoisotopic (exact) mass is 371 g/mol. The van der Waals surface area contributed by atoms with E-state index in [1.807, 2.05) is 31.5 Å². The lowest BCUT2D eigenvalue weighted by molar-refractivity contribution is 0.726. The van der Waals surface area contributed by atoms with Crippen LogP contribution < -0.4 is 21.7 Å². The van der Waals surface area contributed by atoms with E-state index in [4.69, 9.17) is 16.9 Å². The molecule has 6 N–H and O–H groups in total. The molecule has 8 heteroatoms. The first-order valence-corrected chi connectivity index (χ1v) is 9.82. The van der Waals surface area contributed by atoms with Gasteiger partial charge in [-0.1, -0.05) is 0 Å². The number of benzene rings is 1. The lowest BCUT2D eigenvalue weighted by atomic mass is 10.1. The molecule has 1 saturated heterocycles. The van der Waals surface area contributed by atoms with Gasteiger partial charge < -0.3 is 21.7 Å². The van der Waals surface area contributed by atoms with Crippen LogP contribution >= 0.6 is 11.8 Å². The van der Waals surface area contributed by atoms with Crippen LogP contribution in [-0.4, -0.2) is 41.7 Å². The molecule has 1 aliphatic heterocycles. The average molecular weight is 372 g/mol. The number of nitrogens with zero attached hydrogens (tertiary/aromatic N) is 3. The van der Waals surface area contributed by atoms with Gasteiger partial charge in [0.1, 0.15) is 11.7 Å². The highest BCUT2D eigenvalue weighted by Crippen LogP contribution is 2.34. The molecule has 0 spiro atoms. The Morgan fingerprint density at radius 1 is 1.35 bits per heavy atom. The molecule has 7 nitrogen and oxygen atoms in total. The lowest BCUT2D eigenvalue weighted by Gasteiger charge is -2.23. The van der Waals surface area contributed by atoms with E-state index >= 15 is 0 Å². The molecule has 0 aliphatic carbocycles. The molecular weight excluding hydrogens is 346 g/mol. The van der Waals surface area contributed by atoms with E-state index in [2.05, 4.69) is 27.1 Å². The molecule has 1 atom stereocenters. The van der Waals surface area contributed by atoms with Gasteiger partial charge in [0.15, 0.2) is 0 Å². The third kappa shape index (κ3) is 3.41. The molecule has 0 saturated carbocycles. The summed E-state index contributed by atoms with van der Waals surface area (Å²) in [4.78, 5) is 12.4. The highest BCUT2D eigenvalue weighted by atomic mass is 32.2. The molecule has 26 heavy (non-hydrogen) atoms. The molecule has 0 radical (unpaired) electrons. The fourth-order valence-corrected chi connectivity index (χ4v) is 4.03. The Bertz CT molecular complexity index is 837. The van der Waals surface area contributed by atoms with Gasteiger partial charge in [-0.2, -0.15) is 4.98 Å². The molecule has 138 valence electrons. The molecule has 0 amide bonds. The van der Waals surface area contributed by atoms with Crippen LogP contribution in [0.5, 0.6) is 0 Å². The largest absolute Gasteiger partial charge is 0.398 e. The van der Waals surface area contributed by atoms with E-state index in [1.165, 1.54) is 24.6 Å². The molecule has 1 unspecified atom stereocenters. The number of hydrogen-bond acceptors (Lipinski definition) is 7. The fourth-order valence-electron chi connectivity index (χ4n) is 3.35. The highest BCUT2D eigenvalue weighted by molar-refractivity contribution is 7.98. The third-order valence-electron chi connectivity index (χ3n) is 4.70. The highest BCUT2D eigenvalue weighted by Gasteiger charge is 2.23. The van der Waals surface area contributed by atoms with Crippen molar-refractivity contribution in [2.24, 2.45) is 5.73 Å². The van der Waals surface area contributed by atoms with E-state index in [0.717, 1.165) is 28.5 Å². The first-order chi connectivity index (χ1) is 12.4. The van der Waals surface area contributed by atoms with Gasteiger partial charge in [-0.15, -0.1) is 11.8 Å². The number of aromatic nitrogens is 2. The van der Waals surface area contributed by atoms with E-state index < -0.39 is 0 Å². The Hall–Kier alpha value is -2.48. The maximum atomic E-state index is 7.77. The van der Waals surface area contributed by atoms with Crippen molar-refractivity contribution in [1.29, 1.82) is 5.41 Å². The maximum absolute atomic E-state index is 7.77. The van der Waals surface area contributed by atoms with Crippen molar-refractivity contribution in [3.05, 3.63) is 23.8 Å². The van der Waals surface area contributed by atoms with Crippen molar-refractivity contribution in [1.82, 2.24) is 9.97 Å². The van der Waals surface area contributed by atoms with Gasteiger partial charge in [-0.25, -0.2) is 4.98 Å². The summed E-state index contributed by atoms with van der Waals surface area (Å²) in [7, 11) is 1.82. The summed E-state index contributed by atoms with van der Waals surface area (Å²) in [6, 6.07) is 6.29. The Morgan fingerprint density at radius 2 is 2.12 bits per heavy atom. The summed E-state index contributed by atoms with van der Waals surface area (Å²) in [5.74, 6) is 1.48. The lowest BCUT2D eigenvalue weighted by Crippen LogP contribution is -2.27. The van der Waals surface area contributed by atoms with Crippen LogP contribution in [0.25, 0.3) is 11.3 Å². The van der Waals surface area contributed by atoms with Crippen LogP contribution in [0, 0.1) is 5.41 Å². The SMILES string of the molecule is CNc1nc(-c2cc(N)c(C(=N)N)c(SC)c2)cc(N2CCCC2C)n1. The summed E-state index contributed by atoms with van der Waals surface area (Å²) in [6.45, 7) is 3.22. The second kappa shape index (κ2) is 7.41. The summed E-state index contributed by atoms with van der Waals surface area (Å²) in [5, 5.41) is 10.8. The Labute approximate surface area is 158 Å². The van der Waals surface area contributed by atoms with Crippen LogP contribution in [0.4, 0.5) is 17.5 Å². The maximum Gasteiger partial charge on any atom is 0.224 e. The van der Waals surface area contributed by atoms with Crippen molar-refractivity contribution in [3.63, 3.8) is 0 Å². The summed E-state index contributed by atoms with van der Waals surface area (Å²) in [6.07, 6.45) is 4.29. The van der Waals surface area contributed by atoms with E-state index in [1.54, 1.807) is 0 Å². The zero-order chi connectivity index (χ0) is 18.8. The van der Waals surface area contributed by atoms with Crippen molar-refractivity contribution in [2.45, 2.75) is 30.7 Å². The fraction of sp³-hybridized carbons (Fsp3) is 0.389. The number of nitrogens with one attached hydrogen (secondary N) is 2. The molecule has 1 aromatic carbocycles. The number of amidine groups is 1. The van der Waals surface area contributed by atoms with Gasteiger partial charge in [0.2, 0.25) is 5.95 Å². The van der Waals surface area contributed by atoms with Crippen molar-refractivity contribution >= 4 is 35.1 Å². The van der Waals surface area contributed by atoms with Gasteiger partial charge in [0, 0.05) is 41.8 Å². The first kappa shape index (κ1) is 18.3. The zero-order valence-electron chi connectivity index (χ0n) is 15.3. The van der Waals surface area contributed by atoms with Gasteiger partial charge in [0.05, 0.1) is 11.3 Å². The number of anilines is 3. The molecule has 2 heterocycles. The summed E-state index contributed by atoms with van der Waals surface area (Å²) < 4.78 is 0. The van der Waals surface area contributed by atoms with Crippen LogP contribution in [0.15, 0.2) is 23.1 Å². The molecule has 1 fully saturated rings. The standard InChI is InChI=1S/C18H25N7S/c1-10-5-4-6-25(10)15-9-13(23-18(22-2)24-15)11-7-12(19)16(17(20)21)14(8-11)26-3/h7-10H,4-6,19H2,1-3H3,(H3,20,21)(H,22,23,24). The molecule has 1 aromatic heterocycles. The topological polar surface area (TPSA) is 117 Å². The predicted octanol–water partition coefficient (Wildman–Crippen LogP) is 2.76. The quantitative estimate of drug-likeness (QED) is 0.276. The van der Waals surface area contributed by atoms with Crippen molar-refractivity contribution in [3.8, 4) is 11.3 Å². The number of hydrogen-bond donors (Lipinski definition) is 4. The molecule has 1 aliphatic rings. The minimum atomic E-state index is -0.0245. The van der Waals surface area contributed by atoms with Gasteiger partial charge in [-0.3, -0.25) is 5.41 Å². The van der Waals surface area contributed by atoms with E-state index in [0.29, 0.717) is 23.2 Å². The predicted molar refractivity (Wildman–Crippen MR) is 110 cm³/mol. The van der Waals surface area contributed by atoms with Crippen molar-refractivity contribution < 1.29 is 0 Å². The van der Waals surface area contributed by atoms with Crippen LogP contribution in [0.2, 0.25) is 0 Å². The molecule has 2 aromatic rings. The van der Waals surface area contributed by atoms with Crippen LogP contribution in [0.3, 0.4) is 0 Å². The summed E-state index contributed by atoms with van der Waals surface area (Å²) >= 11 is 1.52. The Balaban J connectivity index is 2.11. The minimum Gasteiger partial charge on any atom is -0.398 e. The van der Waals surface area contributed by atoms with Crippen LogP contribution in [-0.2, 0) is 0 Å².